The molecule has 10 rings (SSSR count). The summed E-state index contributed by atoms with van der Waals surface area (Å²) >= 11 is 0. The van der Waals surface area contributed by atoms with Crippen molar-refractivity contribution in [1.29, 1.82) is 0 Å². The molecule has 1 aliphatic heterocycles. The molecular weight excluding hydrogens is 943 g/mol. The number of aryl methyl sites for hydroxylation is 4. The molecule has 0 unspecified atom stereocenters. The van der Waals surface area contributed by atoms with Crippen LogP contribution in [0.4, 0.5) is 5.82 Å². The van der Waals surface area contributed by atoms with Crippen LogP contribution in [0.3, 0.4) is 0 Å². The average molecular weight is 1000 g/mol. The quantitative estimate of drug-likeness (QED) is 0.0578. The number of rotatable bonds is 17. The Balaban J connectivity index is 0.000000150. The Morgan fingerprint density at radius 3 is 2.20 bits per heavy atom. The molecule has 1 fully saturated rings. The largest absolute Gasteiger partial charge is 0.481 e. The topological polar surface area (TPSA) is 189 Å². The van der Waals surface area contributed by atoms with Gasteiger partial charge in [0.05, 0.1) is 60.7 Å². The number of hydrogen-bond donors (Lipinski definition) is 3. The van der Waals surface area contributed by atoms with Crippen LogP contribution in [-0.2, 0) is 33.4 Å². The number of fused-ring (bicyclic) bond motifs is 2. The van der Waals surface area contributed by atoms with E-state index in [0.29, 0.717) is 51.9 Å². The van der Waals surface area contributed by atoms with Gasteiger partial charge in [-0.05, 0) is 67.5 Å². The van der Waals surface area contributed by atoms with Crippen molar-refractivity contribution in [1.82, 2.24) is 50.0 Å². The van der Waals surface area contributed by atoms with Crippen LogP contribution in [0.5, 0.6) is 17.6 Å². The van der Waals surface area contributed by atoms with Gasteiger partial charge in [0.15, 0.2) is 17.1 Å². The first-order valence-corrected chi connectivity index (χ1v) is 24.4. The Morgan fingerprint density at radius 2 is 1.55 bits per heavy atom. The summed E-state index contributed by atoms with van der Waals surface area (Å²) in [6.07, 6.45) is 13.9. The molecule has 8 aromatic rings. The second-order valence-electron chi connectivity index (χ2n) is 17.4. The Hall–Kier alpha value is -9.34. The first-order valence-electron chi connectivity index (χ1n) is 24.4. The summed E-state index contributed by atoms with van der Waals surface area (Å²) < 4.78 is 25.3. The van der Waals surface area contributed by atoms with Crippen molar-refractivity contribution in [3.05, 3.63) is 193 Å². The monoisotopic (exact) mass is 1000 g/mol. The summed E-state index contributed by atoms with van der Waals surface area (Å²) in [5, 5.41) is 14.3. The number of aliphatic imine (C=N–C) groups is 1. The predicted molar refractivity (Wildman–Crippen MR) is 297 cm³/mol. The normalized spacial score (nSPS) is 13.4. The zero-order valence-corrected chi connectivity index (χ0v) is 43.4. The fourth-order valence-electron chi connectivity index (χ4n) is 8.20. The number of benzene rings is 2. The van der Waals surface area contributed by atoms with Crippen molar-refractivity contribution in [3.63, 3.8) is 0 Å². The average Bonchev–Trinajstić information content (AvgIpc) is 3.68. The number of methoxy groups -OCH3 is 3. The Morgan fingerprint density at radius 1 is 0.853 bits per heavy atom. The summed E-state index contributed by atoms with van der Waals surface area (Å²) in [4.78, 5) is 27.5. The van der Waals surface area contributed by atoms with E-state index in [0.717, 1.165) is 87.2 Å². The minimum absolute atomic E-state index is 0.518. The van der Waals surface area contributed by atoms with E-state index in [4.69, 9.17) is 28.7 Å². The third kappa shape index (κ3) is 12.5. The third-order valence-corrected chi connectivity index (χ3v) is 12.4. The zero-order valence-electron chi connectivity index (χ0n) is 43.4. The van der Waals surface area contributed by atoms with Gasteiger partial charge < -0.3 is 38.5 Å². The van der Waals surface area contributed by atoms with Gasteiger partial charge in [-0.25, -0.2) is 19.9 Å². The molecule has 3 N–H and O–H groups in total. The maximum Gasteiger partial charge on any atom is 0.225 e. The molecular formula is C58H61N13O4. The molecule has 0 saturated heterocycles. The van der Waals surface area contributed by atoms with Gasteiger partial charge >= 0.3 is 0 Å². The van der Waals surface area contributed by atoms with Gasteiger partial charge in [-0.1, -0.05) is 103 Å². The highest BCUT2D eigenvalue weighted by Crippen LogP contribution is 2.36. The van der Waals surface area contributed by atoms with Crippen molar-refractivity contribution in [2.75, 3.05) is 33.7 Å². The van der Waals surface area contributed by atoms with Gasteiger partial charge in [0, 0.05) is 63.4 Å². The van der Waals surface area contributed by atoms with Gasteiger partial charge in [0.25, 0.3) is 0 Å². The number of ether oxygens (including phenoxy) is 3. The maximum atomic E-state index is 5.50. The molecule has 0 atom stereocenters. The second-order valence-corrected chi connectivity index (χ2v) is 17.4. The summed E-state index contributed by atoms with van der Waals surface area (Å²) in [6, 6.07) is 29.9. The van der Waals surface area contributed by atoms with Crippen LogP contribution in [0.15, 0.2) is 179 Å². The first-order chi connectivity index (χ1) is 36.5. The highest BCUT2D eigenvalue weighted by molar-refractivity contribution is 6.54. The minimum atomic E-state index is 0.518. The highest BCUT2D eigenvalue weighted by Gasteiger charge is 2.26. The van der Waals surface area contributed by atoms with E-state index in [1.807, 2.05) is 81.7 Å². The lowest BCUT2D eigenvalue weighted by Gasteiger charge is -2.09. The predicted octanol–water partition coefficient (Wildman–Crippen LogP) is 10.1. The van der Waals surface area contributed by atoms with E-state index < -0.39 is 0 Å². The van der Waals surface area contributed by atoms with Crippen LogP contribution in [0.25, 0.3) is 39.2 Å². The van der Waals surface area contributed by atoms with E-state index in [2.05, 4.69) is 118 Å². The summed E-state index contributed by atoms with van der Waals surface area (Å²) in [7, 11) is 10.8. The number of aromatic nitrogens is 8. The Labute approximate surface area is 436 Å². The molecule has 75 heavy (non-hydrogen) atoms. The molecule has 0 bridgehead atoms. The fourth-order valence-corrected chi connectivity index (χ4v) is 8.20. The lowest BCUT2D eigenvalue weighted by atomic mass is 10.1. The SMILES string of the molecule is C=C1NN=C(c2ccccc2)C1=N/C(=C\C)C(=C)Nc1ccon1.C=CC=C=C(NC)c1cc2c(nc1OC)nc(CCc1ccccc1)n2C.COc1cc(-c2cc3c(nc2OC)nc(CC2CC2)n3C)ccn1. The first kappa shape index (κ1) is 52.0. The lowest BCUT2D eigenvalue weighted by Crippen LogP contribution is -2.15. The zero-order chi connectivity index (χ0) is 52.8. The Kier molecular flexibility index (Phi) is 16.9. The molecule has 382 valence electrons. The van der Waals surface area contributed by atoms with Gasteiger partial charge in [-0.3, -0.25) is 5.43 Å². The van der Waals surface area contributed by atoms with Crippen molar-refractivity contribution in [3.8, 4) is 28.8 Å². The number of imidazole rings is 2. The molecule has 1 saturated carbocycles. The van der Waals surface area contributed by atoms with Crippen LogP contribution < -0.4 is 30.3 Å². The van der Waals surface area contributed by atoms with E-state index in [1.165, 1.54) is 24.7 Å². The van der Waals surface area contributed by atoms with Gasteiger partial charge in [-0.15, -0.1) is 0 Å². The van der Waals surface area contributed by atoms with Crippen molar-refractivity contribution < 1.29 is 18.7 Å². The van der Waals surface area contributed by atoms with E-state index in [-0.39, 0.29) is 0 Å². The molecule has 0 radical (unpaired) electrons. The Bertz CT molecular complexity index is 3490. The van der Waals surface area contributed by atoms with E-state index in [1.54, 1.807) is 45.7 Å². The minimum Gasteiger partial charge on any atom is -0.481 e. The van der Waals surface area contributed by atoms with Crippen molar-refractivity contribution in [2.24, 2.45) is 30.1 Å². The molecule has 7 heterocycles. The number of nitrogens with one attached hydrogen (secondary N) is 3. The molecule has 6 aromatic heterocycles. The number of allylic oxidation sites excluding steroid dienone is 4. The van der Waals surface area contributed by atoms with Gasteiger partial charge in [0.1, 0.15) is 29.3 Å². The van der Waals surface area contributed by atoms with Crippen LogP contribution >= 0.6 is 0 Å². The number of pyridine rings is 3. The fraction of sp³-hybridized carbons (Fsp3) is 0.224. The van der Waals surface area contributed by atoms with Gasteiger partial charge in [0.2, 0.25) is 17.6 Å². The lowest BCUT2D eigenvalue weighted by molar-refractivity contribution is 0.397. The van der Waals surface area contributed by atoms with Gasteiger partial charge in [-0.2, -0.15) is 15.1 Å². The molecule has 2 aliphatic rings. The number of hydrazone groups is 1. The van der Waals surface area contributed by atoms with Crippen LogP contribution in [0.2, 0.25) is 0 Å². The molecule has 0 amide bonds. The van der Waals surface area contributed by atoms with Crippen LogP contribution in [0.1, 0.15) is 48.1 Å². The van der Waals surface area contributed by atoms with Crippen LogP contribution in [-0.4, -0.2) is 79.0 Å². The van der Waals surface area contributed by atoms with E-state index >= 15 is 0 Å². The smallest absolute Gasteiger partial charge is 0.225 e. The van der Waals surface area contributed by atoms with Crippen molar-refractivity contribution >= 4 is 45.3 Å². The number of hydrogen-bond acceptors (Lipinski definition) is 15. The molecule has 17 nitrogen and oxygen atoms in total. The molecule has 2 aromatic carbocycles. The second kappa shape index (κ2) is 24.4. The summed E-state index contributed by atoms with van der Waals surface area (Å²) in [6.45, 7) is 13.6. The standard InChI is InChI=1S/C22H24N4O.C18H17N5O.C18H20N4O2/c1-5-6-12-18(23-2)17-15-19-21(25-22(17)27-4)24-20(26(19)3)14-13-16-10-8-7-9-11-16;1-4-15(12(2)19-16-10-11-24-23-16)20-17-13(3)21-22-18(17)14-8-6-5-7-9-14;1-22-14-10-13(12-6-7-19-16(9-12)23-2)18(24-3)21-17(14)20-15(22)8-11-4-5-11/h5-11,15,23H,1,13-14H2,2-4H3;4-11,21H,2-3H2,1H3,(H,19,23);6-7,9-11H,4-5,8H2,1-3H3/b;15-4-,20-17?;. The number of anilines is 1. The van der Waals surface area contributed by atoms with Crippen molar-refractivity contribution in [2.45, 2.75) is 39.0 Å². The summed E-state index contributed by atoms with van der Waals surface area (Å²) in [5.41, 5.74) is 18.5. The number of nitrogens with zero attached hydrogens (tertiary/aromatic N) is 10. The molecule has 17 heteroatoms. The third-order valence-electron chi connectivity index (χ3n) is 12.4. The maximum absolute atomic E-state index is 5.50. The molecule has 0 spiro atoms. The van der Waals surface area contributed by atoms with Crippen LogP contribution in [0, 0.1) is 5.92 Å². The molecule has 1 aliphatic carbocycles. The highest BCUT2D eigenvalue weighted by atomic mass is 16.5. The summed E-state index contributed by atoms with van der Waals surface area (Å²) in [5.74, 6) is 5.08. The van der Waals surface area contributed by atoms with E-state index in [9.17, 15) is 0 Å².